The second-order valence-corrected chi connectivity index (χ2v) is 7.45. The maximum absolute atomic E-state index is 12.7. The number of ether oxygens (including phenoxy) is 1. The second kappa shape index (κ2) is 10.3. The van der Waals surface area contributed by atoms with Gasteiger partial charge >= 0.3 is 5.97 Å². The fourth-order valence-corrected chi connectivity index (χ4v) is 3.61. The summed E-state index contributed by atoms with van der Waals surface area (Å²) in [5.74, 6) is -1.64. The molecule has 0 bridgehead atoms. The van der Waals surface area contributed by atoms with Gasteiger partial charge in [-0.25, -0.2) is 0 Å². The molecular formula is C23H20Cl2N2O4. The van der Waals surface area contributed by atoms with E-state index in [1.807, 2.05) is 49.4 Å². The molecule has 3 rings (SSSR count). The molecule has 0 heterocycles. The number of esters is 1. The van der Waals surface area contributed by atoms with E-state index in [2.05, 4.69) is 5.32 Å². The lowest BCUT2D eigenvalue weighted by Crippen LogP contribution is -2.36. The number of rotatable bonds is 7. The molecule has 0 aliphatic heterocycles. The number of likely N-dealkylation sites (N-methyl/N-ethyl adjacent to an activating group) is 1. The first-order valence-electron chi connectivity index (χ1n) is 9.57. The van der Waals surface area contributed by atoms with Crippen LogP contribution in [0, 0.1) is 0 Å². The Labute approximate surface area is 189 Å². The van der Waals surface area contributed by atoms with Crippen LogP contribution in [-0.2, 0) is 14.3 Å². The fourth-order valence-electron chi connectivity index (χ4n) is 3.12. The number of nitrogens with one attached hydrogen (secondary N) is 1. The number of halogens is 2. The van der Waals surface area contributed by atoms with E-state index < -0.39 is 25.0 Å². The highest BCUT2D eigenvalue weighted by molar-refractivity contribution is 6.36. The predicted octanol–water partition coefficient (Wildman–Crippen LogP) is 4.47. The molecular weight excluding hydrogens is 439 g/mol. The summed E-state index contributed by atoms with van der Waals surface area (Å²) in [6, 6.07) is 17.8. The second-order valence-electron chi connectivity index (χ2n) is 6.60. The molecule has 0 unspecified atom stereocenters. The summed E-state index contributed by atoms with van der Waals surface area (Å²) >= 11 is 11.8. The first-order chi connectivity index (χ1) is 14.9. The molecule has 2 amide bonds. The minimum absolute atomic E-state index is 0.169. The highest BCUT2D eigenvalue weighted by Crippen LogP contribution is 2.26. The Balaban J connectivity index is 1.57. The van der Waals surface area contributed by atoms with Gasteiger partial charge in [0.1, 0.15) is 6.54 Å². The van der Waals surface area contributed by atoms with Crippen LogP contribution >= 0.6 is 23.2 Å². The summed E-state index contributed by atoms with van der Waals surface area (Å²) in [6.07, 6.45) is 0. The van der Waals surface area contributed by atoms with Crippen LogP contribution in [0.3, 0.4) is 0 Å². The minimum atomic E-state index is -0.735. The van der Waals surface area contributed by atoms with Crippen molar-refractivity contribution in [1.29, 1.82) is 0 Å². The largest absolute Gasteiger partial charge is 0.454 e. The fraction of sp³-hybridized carbons (Fsp3) is 0.174. The maximum Gasteiger partial charge on any atom is 0.325 e. The van der Waals surface area contributed by atoms with Crippen molar-refractivity contribution in [3.63, 3.8) is 0 Å². The van der Waals surface area contributed by atoms with Crippen LogP contribution in [0.1, 0.15) is 17.3 Å². The molecule has 0 atom stereocenters. The number of hydrogen-bond acceptors (Lipinski definition) is 4. The topological polar surface area (TPSA) is 75.7 Å². The van der Waals surface area contributed by atoms with E-state index in [9.17, 15) is 14.4 Å². The zero-order chi connectivity index (χ0) is 22.4. The summed E-state index contributed by atoms with van der Waals surface area (Å²) in [6.45, 7) is 1.42. The van der Waals surface area contributed by atoms with Crippen LogP contribution < -0.4 is 10.2 Å². The van der Waals surface area contributed by atoms with Crippen molar-refractivity contribution in [3.05, 3.63) is 76.3 Å². The Hall–Kier alpha value is -3.09. The summed E-state index contributed by atoms with van der Waals surface area (Å²) < 4.78 is 5.06. The Bertz CT molecular complexity index is 1130. The van der Waals surface area contributed by atoms with Gasteiger partial charge in [0, 0.05) is 17.0 Å². The predicted molar refractivity (Wildman–Crippen MR) is 122 cm³/mol. The van der Waals surface area contributed by atoms with Crippen molar-refractivity contribution >= 4 is 57.4 Å². The number of fused-ring (bicyclic) bond motifs is 1. The lowest BCUT2D eigenvalue weighted by molar-refractivity contribution is -0.146. The molecule has 160 valence electrons. The van der Waals surface area contributed by atoms with Crippen LogP contribution in [0.5, 0.6) is 0 Å². The Kier molecular flexibility index (Phi) is 7.50. The van der Waals surface area contributed by atoms with Gasteiger partial charge in [-0.2, -0.15) is 0 Å². The third-order valence-corrected chi connectivity index (χ3v) is 5.15. The summed E-state index contributed by atoms with van der Waals surface area (Å²) in [5, 5.41) is 4.91. The van der Waals surface area contributed by atoms with Crippen molar-refractivity contribution in [2.45, 2.75) is 6.92 Å². The first kappa shape index (κ1) is 22.6. The molecule has 0 radical (unpaired) electrons. The number of carbonyl (C=O) groups excluding carboxylic acids is 3. The zero-order valence-electron chi connectivity index (χ0n) is 16.7. The number of carbonyl (C=O) groups is 3. The van der Waals surface area contributed by atoms with Crippen molar-refractivity contribution in [3.8, 4) is 0 Å². The van der Waals surface area contributed by atoms with Gasteiger partial charge in [-0.3, -0.25) is 14.4 Å². The van der Waals surface area contributed by atoms with Gasteiger partial charge in [-0.15, -0.1) is 0 Å². The monoisotopic (exact) mass is 458 g/mol. The van der Waals surface area contributed by atoms with E-state index in [1.54, 1.807) is 4.90 Å². The van der Waals surface area contributed by atoms with E-state index in [0.717, 1.165) is 16.5 Å². The summed E-state index contributed by atoms with van der Waals surface area (Å²) in [4.78, 5) is 38.4. The molecule has 6 nitrogen and oxygen atoms in total. The molecule has 1 N–H and O–H groups in total. The van der Waals surface area contributed by atoms with Gasteiger partial charge in [-0.05, 0) is 36.6 Å². The van der Waals surface area contributed by atoms with Gasteiger partial charge in [0.25, 0.3) is 11.8 Å². The molecule has 0 aromatic heterocycles. The van der Waals surface area contributed by atoms with E-state index >= 15 is 0 Å². The lowest BCUT2D eigenvalue weighted by Gasteiger charge is -2.22. The third kappa shape index (κ3) is 5.54. The quantitative estimate of drug-likeness (QED) is 0.529. The normalized spacial score (nSPS) is 10.5. The molecule has 3 aromatic rings. The van der Waals surface area contributed by atoms with Gasteiger partial charge < -0.3 is 15.0 Å². The molecule has 0 fully saturated rings. The molecule has 0 aliphatic carbocycles. The number of anilines is 1. The van der Waals surface area contributed by atoms with Crippen LogP contribution in [0.2, 0.25) is 10.0 Å². The zero-order valence-corrected chi connectivity index (χ0v) is 18.2. The van der Waals surface area contributed by atoms with Gasteiger partial charge in [0.2, 0.25) is 0 Å². The Morgan fingerprint density at radius 2 is 1.74 bits per heavy atom. The summed E-state index contributed by atoms with van der Waals surface area (Å²) in [7, 11) is 0. The molecule has 31 heavy (non-hydrogen) atoms. The number of hydrogen-bond donors (Lipinski definition) is 1. The Morgan fingerprint density at radius 1 is 1.00 bits per heavy atom. The molecule has 0 saturated carbocycles. The van der Waals surface area contributed by atoms with Crippen LogP contribution in [0.15, 0.2) is 60.7 Å². The van der Waals surface area contributed by atoms with Crippen molar-refractivity contribution in [1.82, 2.24) is 5.32 Å². The smallest absolute Gasteiger partial charge is 0.325 e. The van der Waals surface area contributed by atoms with Gasteiger partial charge in [0.05, 0.1) is 16.3 Å². The SMILES string of the molecule is CCN(C(=O)COC(=O)CNC(=O)c1ccc(Cl)cc1Cl)c1cccc2ccccc12. The van der Waals surface area contributed by atoms with E-state index in [1.165, 1.54) is 18.2 Å². The van der Waals surface area contributed by atoms with Crippen molar-refractivity contribution in [2.75, 3.05) is 24.6 Å². The van der Waals surface area contributed by atoms with Crippen LogP contribution in [0.4, 0.5) is 5.69 Å². The van der Waals surface area contributed by atoms with Gasteiger partial charge in [-0.1, -0.05) is 59.6 Å². The molecule has 0 spiro atoms. The molecule has 8 heteroatoms. The number of benzene rings is 3. The molecule has 0 aliphatic rings. The third-order valence-electron chi connectivity index (χ3n) is 4.60. The maximum atomic E-state index is 12.7. The highest BCUT2D eigenvalue weighted by atomic mass is 35.5. The number of nitrogens with zero attached hydrogens (tertiary/aromatic N) is 1. The average molecular weight is 459 g/mol. The van der Waals surface area contributed by atoms with E-state index in [4.69, 9.17) is 27.9 Å². The summed E-state index contributed by atoms with van der Waals surface area (Å²) in [5.41, 5.74) is 0.926. The first-order valence-corrected chi connectivity index (χ1v) is 10.3. The van der Waals surface area contributed by atoms with Crippen molar-refractivity contribution in [2.24, 2.45) is 0 Å². The van der Waals surface area contributed by atoms with E-state index in [-0.39, 0.29) is 16.5 Å². The Morgan fingerprint density at radius 3 is 2.48 bits per heavy atom. The molecule has 3 aromatic carbocycles. The van der Waals surface area contributed by atoms with Crippen LogP contribution in [0.25, 0.3) is 10.8 Å². The standard InChI is InChI=1S/C23H20Cl2N2O4/c1-2-27(20-9-5-7-15-6-3-4-8-17(15)20)21(28)14-31-22(29)13-26-23(30)18-11-10-16(24)12-19(18)25/h3-12H,2,13-14H2,1H3,(H,26,30). The minimum Gasteiger partial charge on any atom is -0.454 e. The number of amides is 2. The van der Waals surface area contributed by atoms with E-state index in [0.29, 0.717) is 11.6 Å². The molecule has 0 saturated heterocycles. The lowest BCUT2D eigenvalue weighted by atomic mass is 10.1. The highest BCUT2D eigenvalue weighted by Gasteiger charge is 2.19. The van der Waals surface area contributed by atoms with Gasteiger partial charge in [0.15, 0.2) is 6.61 Å². The van der Waals surface area contributed by atoms with Crippen molar-refractivity contribution < 1.29 is 19.1 Å². The average Bonchev–Trinajstić information content (AvgIpc) is 2.76. The van der Waals surface area contributed by atoms with Crippen LogP contribution in [-0.4, -0.2) is 37.5 Å².